The number of amides is 2. The van der Waals surface area contributed by atoms with Crippen LogP contribution in [0.1, 0.15) is 33.6 Å². The highest BCUT2D eigenvalue weighted by molar-refractivity contribution is 5.82. The van der Waals surface area contributed by atoms with Crippen molar-refractivity contribution in [3.8, 4) is 0 Å². The van der Waals surface area contributed by atoms with Gasteiger partial charge in [-0.05, 0) is 12.8 Å². The number of urea groups is 1. The van der Waals surface area contributed by atoms with Crippen LogP contribution in [0.25, 0.3) is 0 Å². The summed E-state index contributed by atoms with van der Waals surface area (Å²) >= 11 is 0. The number of carbonyl (C=O) groups is 2. The van der Waals surface area contributed by atoms with Gasteiger partial charge in [-0.1, -0.05) is 20.3 Å². The maximum atomic E-state index is 11.5. The Balaban J connectivity index is 4.18. The fraction of sp³-hybridized carbons (Fsp3) is 0.818. The summed E-state index contributed by atoms with van der Waals surface area (Å²) in [6.45, 7) is 5.62. The molecule has 0 heterocycles. The Morgan fingerprint density at radius 1 is 1.24 bits per heavy atom. The van der Waals surface area contributed by atoms with E-state index in [2.05, 4.69) is 10.6 Å². The van der Waals surface area contributed by atoms with Gasteiger partial charge in [0.25, 0.3) is 0 Å². The molecular formula is C11H22N2O4. The summed E-state index contributed by atoms with van der Waals surface area (Å²) in [4.78, 5) is 22.2. The molecule has 0 rings (SSSR count). The summed E-state index contributed by atoms with van der Waals surface area (Å²) in [5.41, 5.74) is 0. The van der Waals surface area contributed by atoms with E-state index in [0.717, 1.165) is 6.42 Å². The molecule has 6 heteroatoms. The van der Waals surface area contributed by atoms with E-state index in [0.29, 0.717) is 5.92 Å². The van der Waals surface area contributed by atoms with Crippen LogP contribution in [0.3, 0.4) is 0 Å². The van der Waals surface area contributed by atoms with Crippen LogP contribution in [0.15, 0.2) is 0 Å². The number of aliphatic carboxylic acids is 1. The second kappa shape index (κ2) is 7.89. The molecular weight excluding hydrogens is 224 g/mol. The molecule has 100 valence electrons. The minimum absolute atomic E-state index is 0.000462. The molecule has 0 aromatic heterocycles. The van der Waals surface area contributed by atoms with Crippen LogP contribution in [0.2, 0.25) is 0 Å². The van der Waals surface area contributed by atoms with Crippen molar-refractivity contribution in [1.29, 1.82) is 0 Å². The van der Waals surface area contributed by atoms with Gasteiger partial charge in [-0.3, -0.25) is 0 Å². The van der Waals surface area contributed by atoms with Crippen molar-refractivity contribution in [1.82, 2.24) is 10.6 Å². The smallest absolute Gasteiger partial charge is 0.326 e. The molecule has 0 aliphatic carbocycles. The van der Waals surface area contributed by atoms with Crippen LogP contribution in [-0.4, -0.2) is 40.9 Å². The van der Waals surface area contributed by atoms with Crippen LogP contribution in [-0.2, 0) is 4.79 Å². The summed E-state index contributed by atoms with van der Waals surface area (Å²) in [5.74, 6) is -0.827. The number of aliphatic hydroxyl groups is 1. The zero-order chi connectivity index (χ0) is 13.4. The molecule has 6 nitrogen and oxygen atoms in total. The Morgan fingerprint density at radius 3 is 2.24 bits per heavy atom. The number of carboxylic acid groups (broad SMARTS) is 1. The normalized spacial score (nSPS) is 15.8. The first-order valence-corrected chi connectivity index (χ1v) is 5.83. The average Bonchev–Trinajstić information content (AvgIpc) is 2.26. The van der Waals surface area contributed by atoms with E-state index in [4.69, 9.17) is 10.2 Å². The molecule has 0 saturated carbocycles. The van der Waals surface area contributed by atoms with Crippen LogP contribution in [0.4, 0.5) is 4.79 Å². The third-order valence-corrected chi connectivity index (χ3v) is 2.88. The van der Waals surface area contributed by atoms with Crippen molar-refractivity contribution >= 4 is 12.0 Å². The third-order valence-electron chi connectivity index (χ3n) is 2.88. The Hall–Kier alpha value is -1.30. The molecule has 0 aliphatic heterocycles. The van der Waals surface area contributed by atoms with Gasteiger partial charge in [0.1, 0.15) is 6.04 Å². The molecule has 0 radical (unpaired) electrons. The first kappa shape index (κ1) is 15.7. The lowest BCUT2D eigenvalue weighted by atomic mass is 10.0. The molecule has 2 unspecified atom stereocenters. The van der Waals surface area contributed by atoms with E-state index in [-0.39, 0.29) is 19.1 Å². The standard InChI is InChI=1S/C11H22N2O4/c1-4-7(2)8(3)12-11(17)13-9(5-6-14)10(15)16/h7-9,14H,4-6H2,1-3H3,(H,15,16)(H2,12,13,17)/t7?,8?,9-/m1/s1. The Kier molecular flexibility index (Phi) is 7.29. The predicted molar refractivity (Wildman–Crippen MR) is 63.7 cm³/mol. The fourth-order valence-electron chi connectivity index (χ4n) is 1.29. The molecule has 0 fully saturated rings. The van der Waals surface area contributed by atoms with Crippen LogP contribution < -0.4 is 10.6 Å². The van der Waals surface area contributed by atoms with Gasteiger partial charge in [0.15, 0.2) is 0 Å². The highest BCUT2D eigenvalue weighted by Gasteiger charge is 2.20. The first-order valence-electron chi connectivity index (χ1n) is 5.83. The van der Waals surface area contributed by atoms with Crippen molar-refractivity contribution in [3.63, 3.8) is 0 Å². The number of aliphatic hydroxyl groups excluding tert-OH is 1. The molecule has 0 aromatic rings. The van der Waals surface area contributed by atoms with Gasteiger partial charge in [-0.25, -0.2) is 9.59 Å². The second-order valence-electron chi connectivity index (χ2n) is 4.20. The number of hydrogen-bond acceptors (Lipinski definition) is 3. The summed E-state index contributed by atoms with van der Waals surface area (Å²) < 4.78 is 0. The number of nitrogens with one attached hydrogen (secondary N) is 2. The molecule has 2 amide bonds. The molecule has 3 atom stereocenters. The Labute approximate surface area is 101 Å². The summed E-state index contributed by atoms with van der Waals surface area (Å²) in [7, 11) is 0. The lowest BCUT2D eigenvalue weighted by molar-refractivity contribution is -0.139. The average molecular weight is 246 g/mol. The maximum absolute atomic E-state index is 11.5. The highest BCUT2D eigenvalue weighted by Crippen LogP contribution is 2.06. The molecule has 0 aliphatic rings. The quantitative estimate of drug-likeness (QED) is 0.527. The Bertz CT molecular complexity index is 258. The molecule has 17 heavy (non-hydrogen) atoms. The molecule has 0 spiro atoms. The van der Waals surface area contributed by atoms with Gasteiger partial charge in [0.05, 0.1) is 0 Å². The van der Waals surface area contributed by atoms with Crippen LogP contribution in [0.5, 0.6) is 0 Å². The van der Waals surface area contributed by atoms with E-state index < -0.39 is 18.0 Å². The maximum Gasteiger partial charge on any atom is 0.326 e. The van der Waals surface area contributed by atoms with Crippen molar-refractivity contribution in [2.24, 2.45) is 5.92 Å². The van der Waals surface area contributed by atoms with E-state index in [1.54, 1.807) is 0 Å². The van der Waals surface area contributed by atoms with E-state index in [9.17, 15) is 9.59 Å². The van der Waals surface area contributed by atoms with E-state index in [1.807, 2.05) is 20.8 Å². The summed E-state index contributed by atoms with van der Waals surface area (Å²) in [6, 6.07) is -1.59. The predicted octanol–water partition coefficient (Wildman–Crippen LogP) is 0.556. The fourth-order valence-corrected chi connectivity index (χ4v) is 1.29. The molecule has 0 bridgehead atoms. The number of carbonyl (C=O) groups excluding carboxylic acids is 1. The van der Waals surface area contributed by atoms with Crippen LogP contribution >= 0.6 is 0 Å². The molecule has 4 N–H and O–H groups in total. The first-order chi connectivity index (χ1) is 7.92. The topological polar surface area (TPSA) is 98.7 Å². The number of rotatable bonds is 7. The van der Waals surface area contributed by atoms with Crippen molar-refractivity contribution < 1.29 is 19.8 Å². The lowest BCUT2D eigenvalue weighted by Crippen LogP contribution is -2.49. The van der Waals surface area contributed by atoms with Crippen molar-refractivity contribution in [3.05, 3.63) is 0 Å². The number of hydrogen-bond donors (Lipinski definition) is 4. The second-order valence-corrected chi connectivity index (χ2v) is 4.20. The zero-order valence-electron chi connectivity index (χ0n) is 10.6. The molecule has 0 saturated heterocycles. The van der Waals surface area contributed by atoms with Crippen LogP contribution in [0, 0.1) is 5.92 Å². The monoisotopic (exact) mass is 246 g/mol. The highest BCUT2D eigenvalue weighted by atomic mass is 16.4. The SMILES string of the molecule is CCC(C)C(C)NC(=O)N[C@H](CCO)C(=O)O. The van der Waals surface area contributed by atoms with E-state index in [1.165, 1.54) is 0 Å². The van der Waals surface area contributed by atoms with Gasteiger partial charge in [-0.2, -0.15) is 0 Å². The van der Waals surface area contributed by atoms with E-state index >= 15 is 0 Å². The largest absolute Gasteiger partial charge is 0.480 e. The van der Waals surface area contributed by atoms with Gasteiger partial charge in [0.2, 0.25) is 0 Å². The minimum atomic E-state index is -1.15. The zero-order valence-corrected chi connectivity index (χ0v) is 10.6. The van der Waals surface area contributed by atoms with Gasteiger partial charge in [-0.15, -0.1) is 0 Å². The third kappa shape index (κ3) is 6.11. The molecule has 0 aromatic carbocycles. The summed E-state index contributed by atoms with van der Waals surface area (Å²) in [6.07, 6.45) is 0.931. The van der Waals surface area contributed by atoms with Gasteiger partial charge < -0.3 is 20.8 Å². The van der Waals surface area contributed by atoms with Gasteiger partial charge in [0, 0.05) is 19.1 Å². The lowest BCUT2D eigenvalue weighted by Gasteiger charge is -2.21. The summed E-state index contributed by atoms with van der Waals surface area (Å²) in [5, 5.41) is 22.5. The Morgan fingerprint density at radius 2 is 1.82 bits per heavy atom. The minimum Gasteiger partial charge on any atom is -0.480 e. The van der Waals surface area contributed by atoms with Crippen molar-refractivity contribution in [2.45, 2.75) is 45.7 Å². The van der Waals surface area contributed by atoms with Crippen molar-refractivity contribution in [2.75, 3.05) is 6.61 Å². The number of carboxylic acids is 1. The van der Waals surface area contributed by atoms with Gasteiger partial charge >= 0.3 is 12.0 Å².